The smallest absolute Gasteiger partial charge is 0.410 e. The normalized spacial score (nSPS) is 18.4. The van der Waals surface area contributed by atoms with Gasteiger partial charge in [0.05, 0.1) is 17.1 Å². The summed E-state index contributed by atoms with van der Waals surface area (Å²) in [7, 11) is 0. The molecule has 2 heterocycles. The first-order valence-electron chi connectivity index (χ1n) is 7.31. The van der Waals surface area contributed by atoms with E-state index in [1.54, 1.807) is 25.7 Å². The van der Waals surface area contributed by atoms with Crippen molar-refractivity contribution in [2.45, 2.75) is 39.3 Å². The van der Waals surface area contributed by atoms with Gasteiger partial charge in [0.25, 0.3) is 0 Å². The van der Waals surface area contributed by atoms with Crippen molar-refractivity contribution in [1.82, 2.24) is 14.9 Å². The number of carbonyl (C=O) groups excluding carboxylic acids is 2. The van der Waals surface area contributed by atoms with Gasteiger partial charge in [0, 0.05) is 12.7 Å². The predicted molar refractivity (Wildman–Crippen MR) is 93.7 cm³/mol. The molecule has 1 aliphatic rings. The molecule has 0 radical (unpaired) electrons. The summed E-state index contributed by atoms with van der Waals surface area (Å²) in [5, 5.41) is 0.0701. The molecule has 0 aromatic carbocycles. The summed E-state index contributed by atoms with van der Waals surface area (Å²) in [5.41, 5.74) is -0.336. The van der Waals surface area contributed by atoms with Crippen molar-refractivity contribution in [3.63, 3.8) is 0 Å². The minimum atomic E-state index is -0.609. The van der Waals surface area contributed by atoms with Crippen LogP contribution in [0.25, 0.3) is 0 Å². The third-order valence-corrected chi connectivity index (χ3v) is 4.06. The van der Waals surface area contributed by atoms with Crippen LogP contribution in [0.3, 0.4) is 0 Å². The van der Waals surface area contributed by atoms with Crippen LogP contribution in [0.1, 0.15) is 27.7 Å². The SMILES string of the molecule is CC1CN(c2nc(Cl)ncc2Br)C(=C=O)CN1C(=O)OC(C)(C)C. The molecule has 1 saturated heterocycles. The van der Waals surface area contributed by atoms with E-state index in [2.05, 4.69) is 25.9 Å². The van der Waals surface area contributed by atoms with Crippen LogP contribution < -0.4 is 4.90 Å². The van der Waals surface area contributed by atoms with E-state index in [0.29, 0.717) is 16.8 Å². The number of piperazine rings is 1. The van der Waals surface area contributed by atoms with Gasteiger partial charge in [-0.05, 0) is 55.2 Å². The fourth-order valence-electron chi connectivity index (χ4n) is 2.27. The van der Waals surface area contributed by atoms with Gasteiger partial charge in [0.2, 0.25) is 5.28 Å². The van der Waals surface area contributed by atoms with Gasteiger partial charge in [0.15, 0.2) is 5.82 Å². The second-order valence-electron chi connectivity index (χ2n) is 6.43. The standard InChI is InChI=1S/C15H18BrClN4O3/c1-9-6-21(12-11(16)5-18-13(17)19-12)10(8-22)7-20(9)14(23)24-15(2,3)4/h5,9H,6-7H2,1-4H3. The van der Waals surface area contributed by atoms with Crippen molar-refractivity contribution in [2.24, 2.45) is 0 Å². The summed E-state index contributed by atoms with van der Waals surface area (Å²) in [6, 6.07) is -0.197. The summed E-state index contributed by atoms with van der Waals surface area (Å²) in [5.74, 6) is 2.35. The number of halogens is 2. The Bertz CT molecular complexity index is 700. The lowest BCUT2D eigenvalue weighted by Gasteiger charge is -2.40. The fourth-order valence-corrected chi connectivity index (χ4v) is 2.80. The molecule has 1 unspecified atom stereocenters. The molecule has 1 aromatic heterocycles. The summed E-state index contributed by atoms with van der Waals surface area (Å²) in [6.45, 7) is 7.69. The molecule has 1 aliphatic heterocycles. The maximum Gasteiger partial charge on any atom is 0.410 e. The molecule has 24 heavy (non-hydrogen) atoms. The molecule has 0 spiro atoms. The van der Waals surface area contributed by atoms with E-state index in [1.165, 1.54) is 11.1 Å². The van der Waals surface area contributed by atoms with Crippen LogP contribution in [-0.4, -0.2) is 51.6 Å². The molecule has 0 saturated carbocycles. The van der Waals surface area contributed by atoms with Gasteiger partial charge in [-0.25, -0.2) is 14.6 Å². The average molecular weight is 418 g/mol. The number of carbonyl (C=O) groups is 1. The lowest BCUT2D eigenvalue weighted by atomic mass is 10.1. The first kappa shape index (κ1) is 18.7. The molecule has 9 heteroatoms. The molecular weight excluding hydrogens is 400 g/mol. The molecule has 0 N–H and O–H groups in total. The fraction of sp³-hybridized carbons (Fsp3) is 0.533. The Balaban J connectivity index is 2.28. The Hall–Kier alpha value is -1.63. The van der Waals surface area contributed by atoms with Gasteiger partial charge in [-0.15, -0.1) is 0 Å². The zero-order chi connectivity index (χ0) is 18.1. The molecule has 2 rings (SSSR count). The van der Waals surface area contributed by atoms with E-state index >= 15 is 0 Å². The minimum Gasteiger partial charge on any atom is -0.444 e. The van der Waals surface area contributed by atoms with E-state index in [-0.39, 0.29) is 23.6 Å². The van der Waals surface area contributed by atoms with E-state index in [4.69, 9.17) is 16.3 Å². The highest BCUT2D eigenvalue weighted by atomic mass is 79.9. The number of hydrogen-bond acceptors (Lipinski definition) is 6. The van der Waals surface area contributed by atoms with Gasteiger partial charge in [0.1, 0.15) is 17.2 Å². The van der Waals surface area contributed by atoms with Crippen LogP contribution >= 0.6 is 27.5 Å². The highest BCUT2D eigenvalue weighted by Gasteiger charge is 2.35. The van der Waals surface area contributed by atoms with Crippen LogP contribution in [0, 0.1) is 0 Å². The highest BCUT2D eigenvalue weighted by molar-refractivity contribution is 9.10. The van der Waals surface area contributed by atoms with Crippen LogP contribution in [0.5, 0.6) is 0 Å². The number of nitrogens with zero attached hydrogens (tertiary/aromatic N) is 4. The van der Waals surface area contributed by atoms with Gasteiger partial charge in [-0.2, -0.15) is 4.98 Å². The van der Waals surface area contributed by atoms with Crippen molar-refractivity contribution in [3.05, 3.63) is 21.7 Å². The van der Waals surface area contributed by atoms with E-state index in [9.17, 15) is 9.59 Å². The van der Waals surface area contributed by atoms with Crippen molar-refractivity contribution in [1.29, 1.82) is 0 Å². The van der Waals surface area contributed by atoms with Crippen LogP contribution in [-0.2, 0) is 9.53 Å². The van der Waals surface area contributed by atoms with Crippen LogP contribution in [0.2, 0.25) is 5.28 Å². The molecule has 1 amide bonds. The molecule has 130 valence electrons. The maximum atomic E-state index is 12.3. The molecule has 7 nitrogen and oxygen atoms in total. The summed E-state index contributed by atoms with van der Waals surface area (Å²) < 4.78 is 5.99. The Morgan fingerprint density at radius 3 is 2.75 bits per heavy atom. The molecule has 1 atom stereocenters. The lowest BCUT2D eigenvalue weighted by Crippen LogP contribution is -2.54. The molecule has 0 bridgehead atoms. The van der Waals surface area contributed by atoms with Gasteiger partial charge in [-0.1, -0.05) is 0 Å². The number of hydrogen-bond donors (Lipinski definition) is 0. The Labute approximate surface area is 153 Å². The third-order valence-electron chi connectivity index (χ3n) is 3.32. The van der Waals surface area contributed by atoms with Crippen molar-refractivity contribution in [3.8, 4) is 0 Å². The molecule has 1 fully saturated rings. The topological polar surface area (TPSA) is 75.6 Å². The van der Waals surface area contributed by atoms with Crippen molar-refractivity contribution >= 4 is 45.4 Å². The average Bonchev–Trinajstić information content (AvgIpc) is 2.47. The van der Waals surface area contributed by atoms with Crippen LogP contribution in [0.15, 0.2) is 16.4 Å². The minimum absolute atomic E-state index is 0.0701. The monoisotopic (exact) mass is 416 g/mol. The number of aromatic nitrogens is 2. The summed E-state index contributed by atoms with van der Waals surface area (Å²) >= 11 is 9.21. The first-order chi connectivity index (χ1) is 11.1. The van der Waals surface area contributed by atoms with Gasteiger partial charge < -0.3 is 9.64 Å². The number of ether oxygens (including phenoxy) is 1. The van der Waals surface area contributed by atoms with E-state index in [1.807, 2.05) is 12.9 Å². The van der Waals surface area contributed by atoms with Gasteiger partial charge >= 0.3 is 6.09 Å². The summed E-state index contributed by atoms with van der Waals surface area (Å²) in [6.07, 6.45) is 1.04. The lowest BCUT2D eigenvalue weighted by molar-refractivity contribution is 0.0182. The Morgan fingerprint density at radius 2 is 2.17 bits per heavy atom. The predicted octanol–water partition coefficient (Wildman–Crippen LogP) is 3.05. The highest BCUT2D eigenvalue weighted by Crippen LogP contribution is 2.30. The first-order valence-corrected chi connectivity index (χ1v) is 8.48. The maximum absolute atomic E-state index is 12.3. The largest absolute Gasteiger partial charge is 0.444 e. The third kappa shape index (κ3) is 4.26. The Kier molecular flexibility index (Phi) is 5.52. The molecule has 1 aromatic rings. The Morgan fingerprint density at radius 1 is 1.50 bits per heavy atom. The second kappa shape index (κ2) is 7.09. The van der Waals surface area contributed by atoms with Gasteiger partial charge in [-0.3, -0.25) is 4.90 Å². The molecular formula is C15H18BrClN4O3. The van der Waals surface area contributed by atoms with E-state index in [0.717, 1.165) is 0 Å². The molecule has 0 aliphatic carbocycles. The van der Waals surface area contributed by atoms with E-state index < -0.39 is 11.7 Å². The number of rotatable bonds is 1. The van der Waals surface area contributed by atoms with Crippen molar-refractivity contribution < 1.29 is 14.3 Å². The number of anilines is 1. The van der Waals surface area contributed by atoms with Crippen molar-refractivity contribution in [2.75, 3.05) is 18.0 Å². The second-order valence-corrected chi connectivity index (χ2v) is 7.62. The quantitative estimate of drug-likeness (QED) is 0.516. The summed E-state index contributed by atoms with van der Waals surface area (Å²) in [4.78, 5) is 35.0. The zero-order valence-corrected chi connectivity index (χ0v) is 16.2. The number of amides is 1. The zero-order valence-electron chi connectivity index (χ0n) is 13.8. The van der Waals surface area contributed by atoms with Crippen LogP contribution in [0.4, 0.5) is 10.6 Å².